The Labute approximate surface area is 83.9 Å². The van der Waals surface area contributed by atoms with Gasteiger partial charge in [0.05, 0.1) is 0 Å². The molecule has 4 heteroatoms. The van der Waals surface area contributed by atoms with Crippen LogP contribution in [0.15, 0.2) is 36.4 Å². The minimum atomic E-state index is -1.17. The Hall–Kier alpha value is 0.280. The van der Waals surface area contributed by atoms with Gasteiger partial charge in [0.2, 0.25) is 0 Å². The molecule has 0 bridgehead atoms. The van der Waals surface area contributed by atoms with Gasteiger partial charge in [-0.15, -0.1) is 0 Å². The van der Waals surface area contributed by atoms with Crippen molar-refractivity contribution in [1.29, 1.82) is 0 Å². The predicted molar refractivity (Wildman–Crippen MR) is 43.4 cm³/mol. The first-order valence-corrected chi connectivity index (χ1v) is 3.28. The van der Waals surface area contributed by atoms with Crippen molar-refractivity contribution >= 4 is 38.2 Å². The fourth-order valence-corrected chi connectivity index (χ4v) is 0.385. The topological polar surface area (TPSA) is 37.3 Å². The largest absolute Gasteiger partial charge is 0.491 e. The molecule has 0 saturated carbocycles. The summed E-state index contributed by atoms with van der Waals surface area (Å²) >= 11 is 0. The summed E-state index contributed by atoms with van der Waals surface area (Å²) in [5, 5.41) is 0. The molecule has 0 saturated heterocycles. The molecule has 0 spiro atoms. The van der Waals surface area contributed by atoms with Gasteiger partial charge in [-0.2, -0.15) is 4.89 Å². The van der Waals surface area contributed by atoms with Crippen LogP contribution in [0.5, 0.6) is 0 Å². The van der Waals surface area contributed by atoms with Crippen molar-refractivity contribution in [3.8, 4) is 0 Å². The third-order valence-corrected chi connectivity index (χ3v) is 0.667. The maximum atomic E-state index is 8.51. The first-order chi connectivity index (χ1) is 4.41. The molecule has 0 amide bonds. The van der Waals surface area contributed by atoms with Crippen LogP contribution in [0.2, 0.25) is 0 Å². The van der Waals surface area contributed by atoms with Crippen molar-refractivity contribution in [3.63, 3.8) is 0 Å². The first kappa shape index (κ1) is 12.9. The summed E-state index contributed by atoms with van der Waals surface area (Å²) < 4.78 is 8.51. The Morgan fingerprint density at radius 2 is 1.00 bits per heavy atom. The maximum absolute atomic E-state index is 8.51. The Balaban J connectivity index is 0. The van der Waals surface area contributed by atoms with E-state index in [1.807, 2.05) is 36.4 Å². The summed E-state index contributed by atoms with van der Waals surface area (Å²) in [4.78, 5) is 7.04. The molecule has 49 valence electrons. The summed E-state index contributed by atoms with van der Waals surface area (Å²) in [6.07, 6.45) is 0. The van der Waals surface area contributed by atoms with E-state index in [2.05, 4.69) is 0 Å². The molecule has 0 aliphatic rings. The van der Waals surface area contributed by atoms with E-state index < -0.39 is 8.69 Å². The molecule has 1 aromatic rings. The van der Waals surface area contributed by atoms with Crippen LogP contribution in [0, 0.1) is 0 Å². The van der Waals surface area contributed by atoms with Gasteiger partial charge in [0.15, 0.2) is 0 Å². The third-order valence-electron chi connectivity index (χ3n) is 0.667. The van der Waals surface area contributed by atoms with Crippen molar-refractivity contribution in [2.75, 3.05) is 0 Å². The fraction of sp³-hybridized carbons (Fsp3) is 0. The third kappa shape index (κ3) is 11.1. The number of benzene rings is 1. The standard InChI is InChI=1S/C6H6.Na.HO2P/c1-2-4-6-5-3-1;;1-3-2/h1-6H;;3H/p+1. The molecular formula is C6H8NaO2P+. The predicted octanol–water partition coefficient (Wildman–Crippen LogP) is 1.22. The van der Waals surface area contributed by atoms with Gasteiger partial charge in [0, 0.05) is 29.6 Å². The zero-order valence-corrected chi connectivity index (χ0v) is 8.82. The van der Waals surface area contributed by atoms with Crippen LogP contribution < -0.4 is 0 Å². The van der Waals surface area contributed by atoms with Gasteiger partial charge in [-0.05, 0) is 4.57 Å². The van der Waals surface area contributed by atoms with Crippen molar-refractivity contribution in [2.45, 2.75) is 0 Å². The quantitative estimate of drug-likeness (QED) is 0.464. The maximum Gasteiger partial charge on any atom is 0.491 e. The molecule has 1 unspecified atom stereocenters. The van der Waals surface area contributed by atoms with Crippen LogP contribution in [0.25, 0.3) is 0 Å². The summed E-state index contributed by atoms with van der Waals surface area (Å²) in [6, 6.07) is 12.0. The van der Waals surface area contributed by atoms with Crippen LogP contribution >= 0.6 is 8.69 Å². The summed E-state index contributed by atoms with van der Waals surface area (Å²) in [6.45, 7) is 0. The average Bonchev–Trinajstić information content (AvgIpc) is 1.93. The van der Waals surface area contributed by atoms with Crippen LogP contribution in [-0.4, -0.2) is 34.5 Å². The SMILES string of the molecule is O=[PH+]O.[Na].c1ccccc1. The van der Waals surface area contributed by atoms with E-state index in [0.717, 1.165) is 0 Å². The number of rotatable bonds is 0. The van der Waals surface area contributed by atoms with E-state index in [1.165, 1.54) is 0 Å². The van der Waals surface area contributed by atoms with Crippen molar-refractivity contribution in [1.82, 2.24) is 0 Å². The van der Waals surface area contributed by atoms with Crippen molar-refractivity contribution in [3.05, 3.63) is 36.4 Å². The van der Waals surface area contributed by atoms with Gasteiger partial charge in [0.1, 0.15) is 0 Å². The molecule has 1 radical (unpaired) electrons. The van der Waals surface area contributed by atoms with Crippen LogP contribution in [0.3, 0.4) is 0 Å². The zero-order valence-electron chi connectivity index (χ0n) is 5.82. The van der Waals surface area contributed by atoms with Gasteiger partial charge in [-0.1, -0.05) is 36.4 Å². The Morgan fingerprint density at radius 1 is 0.900 bits per heavy atom. The average molecular weight is 166 g/mol. The fourth-order valence-electron chi connectivity index (χ4n) is 0.385. The second-order valence-electron chi connectivity index (χ2n) is 1.25. The second kappa shape index (κ2) is 12.0. The molecular weight excluding hydrogens is 158 g/mol. The molecule has 0 aliphatic carbocycles. The molecule has 0 heterocycles. The Morgan fingerprint density at radius 3 is 1.10 bits per heavy atom. The first-order valence-electron chi connectivity index (χ1n) is 2.43. The molecule has 1 aromatic carbocycles. The monoisotopic (exact) mass is 166 g/mol. The van der Waals surface area contributed by atoms with Crippen molar-refractivity contribution < 1.29 is 9.46 Å². The number of hydrogen-bond donors (Lipinski definition) is 1. The van der Waals surface area contributed by atoms with Crippen LogP contribution in [0.1, 0.15) is 0 Å². The summed E-state index contributed by atoms with van der Waals surface area (Å²) in [5.41, 5.74) is 0. The minimum Gasteiger partial charge on any atom is -0.162 e. The Bertz CT molecular complexity index is 119. The van der Waals surface area contributed by atoms with Crippen molar-refractivity contribution in [2.24, 2.45) is 0 Å². The van der Waals surface area contributed by atoms with Gasteiger partial charge in [-0.3, -0.25) is 0 Å². The zero-order chi connectivity index (χ0) is 6.95. The second-order valence-corrected chi connectivity index (χ2v) is 1.43. The molecule has 0 aromatic heterocycles. The summed E-state index contributed by atoms with van der Waals surface area (Å²) in [5.74, 6) is 0. The molecule has 0 aliphatic heterocycles. The molecule has 1 atom stereocenters. The molecule has 1 N–H and O–H groups in total. The minimum absolute atomic E-state index is 0. The van der Waals surface area contributed by atoms with E-state index >= 15 is 0 Å². The van der Waals surface area contributed by atoms with E-state index in [1.54, 1.807) is 0 Å². The number of hydrogen-bond acceptors (Lipinski definition) is 1. The van der Waals surface area contributed by atoms with Gasteiger partial charge < -0.3 is 0 Å². The van der Waals surface area contributed by atoms with E-state index in [9.17, 15) is 0 Å². The van der Waals surface area contributed by atoms with E-state index in [-0.39, 0.29) is 29.6 Å². The van der Waals surface area contributed by atoms with Gasteiger partial charge >= 0.3 is 8.69 Å². The normalized spacial score (nSPS) is 6.90. The van der Waals surface area contributed by atoms with E-state index in [4.69, 9.17) is 9.46 Å². The summed E-state index contributed by atoms with van der Waals surface area (Å²) in [7, 11) is -1.17. The van der Waals surface area contributed by atoms with Gasteiger partial charge in [0.25, 0.3) is 0 Å². The smallest absolute Gasteiger partial charge is 0.162 e. The van der Waals surface area contributed by atoms with Crippen LogP contribution in [0.4, 0.5) is 0 Å². The molecule has 0 fully saturated rings. The molecule has 1 rings (SSSR count). The van der Waals surface area contributed by atoms with Crippen LogP contribution in [-0.2, 0) is 4.57 Å². The van der Waals surface area contributed by atoms with Gasteiger partial charge in [-0.25, -0.2) is 0 Å². The molecule has 10 heavy (non-hydrogen) atoms. The Kier molecular flexibility index (Phi) is 15.5. The molecule has 2 nitrogen and oxygen atoms in total. The van der Waals surface area contributed by atoms with E-state index in [0.29, 0.717) is 0 Å².